The van der Waals surface area contributed by atoms with Gasteiger partial charge in [0.05, 0.1) is 25.6 Å². The molecular formula is C10H13NO5. The van der Waals surface area contributed by atoms with E-state index < -0.39 is 17.9 Å². The standard InChI is InChI=1S/C10H13NO5/c1-6-3-8(16-11-6)7(4-9(12)13)5-10(14)15-2/h3,7H,4-5H2,1-2H3,(H,12,13). The molecule has 0 fully saturated rings. The van der Waals surface area contributed by atoms with Crippen LogP contribution in [0.15, 0.2) is 10.6 Å². The SMILES string of the molecule is COC(=O)CC(CC(=O)O)c1cc(C)no1. The summed E-state index contributed by atoms with van der Waals surface area (Å²) in [5.74, 6) is -1.61. The average molecular weight is 227 g/mol. The van der Waals surface area contributed by atoms with Crippen molar-refractivity contribution in [3.05, 3.63) is 17.5 Å². The van der Waals surface area contributed by atoms with Crippen molar-refractivity contribution >= 4 is 11.9 Å². The van der Waals surface area contributed by atoms with Crippen LogP contribution in [0.1, 0.15) is 30.2 Å². The van der Waals surface area contributed by atoms with Gasteiger partial charge in [0.15, 0.2) is 0 Å². The van der Waals surface area contributed by atoms with Crippen LogP contribution in [0.3, 0.4) is 0 Å². The molecule has 0 aliphatic carbocycles. The number of aliphatic carboxylic acids is 1. The van der Waals surface area contributed by atoms with Gasteiger partial charge in [0, 0.05) is 12.0 Å². The summed E-state index contributed by atoms with van der Waals surface area (Å²) >= 11 is 0. The Morgan fingerprint density at radius 3 is 2.69 bits per heavy atom. The molecule has 0 aliphatic heterocycles. The van der Waals surface area contributed by atoms with Crippen LogP contribution in [0, 0.1) is 6.92 Å². The number of esters is 1. The van der Waals surface area contributed by atoms with E-state index in [1.54, 1.807) is 13.0 Å². The molecule has 1 rings (SSSR count). The number of hydrogen-bond donors (Lipinski definition) is 1. The highest BCUT2D eigenvalue weighted by Crippen LogP contribution is 2.24. The molecule has 16 heavy (non-hydrogen) atoms. The third-order valence-corrected chi connectivity index (χ3v) is 2.11. The Morgan fingerprint density at radius 2 is 2.25 bits per heavy atom. The van der Waals surface area contributed by atoms with Crippen LogP contribution in [0.5, 0.6) is 0 Å². The monoisotopic (exact) mass is 227 g/mol. The smallest absolute Gasteiger partial charge is 0.306 e. The van der Waals surface area contributed by atoms with Crippen LogP contribution in [-0.4, -0.2) is 29.3 Å². The molecule has 0 saturated heterocycles. The first-order valence-electron chi connectivity index (χ1n) is 4.74. The lowest BCUT2D eigenvalue weighted by atomic mass is 9.98. The molecule has 0 spiro atoms. The van der Waals surface area contributed by atoms with E-state index in [0.717, 1.165) is 0 Å². The maximum Gasteiger partial charge on any atom is 0.306 e. The summed E-state index contributed by atoms with van der Waals surface area (Å²) in [5.41, 5.74) is 0.648. The topological polar surface area (TPSA) is 89.6 Å². The Labute approximate surface area is 92.2 Å². The van der Waals surface area contributed by atoms with Gasteiger partial charge in [-0.15, -0.1) is 0 Å². The van der Waals surface area contributed by atoms with Gasteiger partial charge in [0.2, 0.25) is 0 Å². The number of carboxylic acid groups (broad SMARTS) is 1. The van der Waals surface area contributed by atoms with Crippen molar-refractivity contribution in [3.63, 3.8) is 0 Å². The number of rotatable bonds is 5. The van der Waals surface area contributed by atoms with Crippen molar-refractivity contribution in [2.75, 3.05) is 7.11 Å². The van der Waals surface area contributed by atoms with Crippen LogP contribution < -0.4 is 0 Å². The second-order valence-electron chi connectivity index (χ2n) is 3.45. The first-order valence-corrected chi connectivity index (χ1v) is 4.74. The van der Waals surface area contributed by atoms with E-state index in [4.69, 9.17) is 9.63 Å². The van der Waals surface area contributed by atoms with Crippen LogP contribution in [0.25, 0.3) is 0 Å². The first kappa shape index (κ1) is 12.2. The molecule has 0 aliphatic rings. The zero-order chi connectivity index (χ0) is 12.1. The number of methoxy groups -OCH3 is 1. The molecule has 6 nitrogen and oxygen atoms in total. The number of hydrogen-bond acceptors (Lipinski definition) is 5. The molecule has 0 bridgehead atoms. The van der Waals surface area contributed by atoms with E-state index in [1.165, 1.54) is 7.11 Å². The molecule has 1 unspecified atom stereocenters. The van der Waals surface area contributed by atoms with E-state index in [9.17, 15) is 9.59 Å². The lowest BCUT2D eigenvalue weighted by Gasteiger charge is -2.09. The molecule has 88 valence electrons. The fourth-order valence-electron chi connectivity index (χ4n) is 1.34. The molecule has 0 saturated carbocycles. The van der Waals surface area contributed by atoms with E-state index in [-0.39, 0.29) is 12.8 Å². The summed E-state index contributed by atoms with van der Waals surface area (Å²) in [4.78, 5) is 21.8. The molecule has 1 aromatic heterocycles. The Morgan fingerprint density at radius 1 is 1.56 bits per heavy atom. The zero-order valence-corrected chi connectivity index (χ0v) is 9.10. The van der Waals surface area contributed by atoms with E-state index in [2.05, 4.69) is 9.89 Å². The average Bonchev–Trinajstić information content (AvgIpc) is 2.63. The van der Waals surface area contributed by atoms with Gasteiger partial charge < -0.3 is 14.4 Å². The molecule has 1 heterocycles. The van der Waals surface area contributed by atoms with Gasteiger partial charge in [-0.1, -0.05) is 5.16 Å². The number of carbonyl (C=O) groups excluding carboxylic acids is 1. The molecule has 0 amide bonds. The van der Waals surface area contributed by atoms with Crippen LogP contribution in [0.2, 0.25) is 0 Å². The normalized spacial score (nSPS) is 12.1. The van der Waals surface area contributed by atoms with Crippen molar-refractivity contribution in [1.29, 1.82) is 0 Å². The van der Waals surface area contributed by atoms with Crippen LogP contribution >= 0.6 is 0 Å². The minimum atomic E-state index is -0.997. The van der Waals surface area contributed by atoms with Gasteiger partial charge in [0.1, 0.15) is 5.76 Å². The van der Waals surface area contributed by atoms with Gasteiger partial charge in [-0.25, -0.2) is 0 Å². The Balaban J connectivity index is 2.78. The highest BCUT2D eigenvalue weighted by atomic mass is 16.5. The number of nitrogens with zero attached hydrogens (tertiary/aromatic N) is 1. The molecule has 0 radical (unpaired) electrons. The number of ether oxygens (including phenoxy) is 1. The van der Waals surface area contributed by atoms with Crippen molar-refractivity contribution in [1.82, 2.24) is 5.16 Å². The second kappa shape index (κ2) is 5.29. The van der Waals surface area contributed by atoms with Crippen LogP contribution in [0.4, 0.5) is 0 Å². The van der Waals surface area contributed by atoms with E-state index in [0.29, 0.717) is 11.5 Å². The van der Waals surface area contributed by atoms with Crippen molar-refractivity contribution in [2.24, 2.45) is 0 Å². The summed E-state index contributed by atoms with van der Waals surface area (Å²) in [6.07, 6.45) is -0.221. The molecule has 1 atom stereocenters. The van der Waals surface area contributed by atoms with Crippen molar-refractivity contribution < 1.29 is 24.0 Å². The summed E-state index contributed by atoms with van der Waals surface area (Å²) < 4.78 is 9.45. The zero-order valence-electron chi connectivity index (χ0n) is 9.10. The van der Waals surface area contributed by atoms with Crippen molar-refractivity contribution in [3.8, 4) is 0 Å². The summed E-state index contributed by atoms with van der Waals surface area (Å²) in [6, 6.07) is 1.62. The Kier molecular flexibility index (Phi) is 4.04. The third kappa shape index (κ3) is 3.38. The summed E-state index contributed by atoms with van der Waals surface area (Å²) in [6.45, 7) is 1.73. The summed E-state index contributed by atoms with van der Waals surface area (Å²) in [5, 5.41) is 12.4. The van der Waals surface area contributed by atoms with Gasteiger partial charge in [-0.3, -0.25) is 9.59 Å². The highest BCUT2D eigenvalue weighted by molar-refractivity contribution is 5.73. The van der Waals surface area contributed by atoms with Gasteiger partial charge in [-0.05, 0) is 6.92 Å². The number of carboxylic acids is 1. The Hall–Kier alpha value is -1.85. The number of aromatic nitrogens is 1. The van der Waals surface area contributed by atoms with E-state index >= 15 is 0 Å². The largest absolute Gasteiger partial charge is 0.481 e. The molecular weight excluding hydrogens is 214 g/mol. The summed E-state index contributed by atoms with van der Waals surface area (Å²) in [7, 11) is 1.26. The fourth-order valence-corrected chi connectivity index (χ4v) is 1.34. The van der Waals surface area contributed by atoms with Gasteiger partial charge in [0.25, 0.3) is 0 Å². The lowest BCUT2D eigenvalue weighted by Crippen LogP contribution is -2.12. The quantitative estimate of drug-likeness (QED) is 0.757. The third-order valence-electron chi connectivity index (χ3n) is 2.11. The fraction of sp³-hybridized carbons (Fsp3) is 0.500. The van der Waals surface area contributed by atoms with Crippen molar-refractivity contribution in [2.45, 2.75) is 25.7 Å². The molecule has 0 aromatic carbocycles. The minimum absolute atomic E-state index is 0.0303. The van der Waals surface area contributed by atoms with Gasteiger partial charge in [-0.2, -0.15) is 0 Å². The lowest BCUT2D eigenvalue weighted by molar-refractivity contribution is -0.142. The minimum Gasteiger partial charge on any atom is -0.481 e. The first-order chi connectivity index (χ1) is 7.52. The highest BCUT2D eigenvalue weighted by Gasteiger charge is 2.23. The number of aryl methyl sites for hydroxylation is 1. The maximum atomic E-state index is 11.1. The number of carbonyl (C=O) groups is 2. The Bertz CT molecular complexity index is 384. The molecule has 1 N–H and O–H groups in total. The second-order valence-corrected chi connectivity index (χ2v) is 3.45. The molecule has 6 heteroatoms. The van der Waals surface area contributed by atoms with Crippen LogP contribution in [-0.2, 0) is 14.3 Å². The predicted molar refractivity (Wildman–Crippen MR) is 52.9 cm³/mol. The van der Waals surface area contributed by atoms with E-state index in [1.807, 2.05) is 0 Å². The predicted octanol–water partition coefficient (Wildman–Crippen LogP) is 1.10. The van der Waals surface area contributed by atoms with Gasteiger partial charge >= 0.3 is 11.9 Å². The maximum absolute atomic E-state index is 11.1. The molecule has 1 aromatic rings.